The van der Waals surface area contributed by atoms with E-state index < -0.39 is 0 Å². The van der Waals surface area contributed by atoms with Crippen molar-refractivity contribution in [3.05, 3.63) is 33.0 Å². The molecule has 0 radical (unpaired) electrons. The summed E-state index contributed by atoms with van der Waals surface area (Å²) in [5.74, 6) is 2.43. The molecule has 5 rings (SSSR count). The number of halogens is 2. The summed E-state index contributed by atoms with van der Waals surface area (Å²) < 4.78 is 3.62. The second kappa shape index (κ2) is 5.81. The summed E-state index contributed by atoms with van der Waals surface area (Å²) in [6.45, 7) is 0. The molecule has 0 spiro atoms. The fourth-order valence-electron chi connectivity index (χ4n) is 5.74. The Morgan fingerprint density at radius 2 is 2.04 bits per heavy atom. The maximum absolute atomic E-state index is 13.0. The summed E-state index contributed by atoms with van der Waals surface area (Å²) in [6.07, 6.45) is 10.8. The van der Waals surface area contributed by atoms with Gasteiger partial charge in [0.2, 0.25) is 0 Å². The third-order valence-corrected chi connectivity index (χ3v) is 7.65. The topological polar surface area (TPSA) is 46.4 Å². The molecule has 3 aliphatic rings. The SMILES string of the molecule is O=C(NC12CC3CCCC(C1)C(C3)C2)c1cc2c(Br)cc(Br)cn2n1. The number of hydrogen-bond acceptors (Lipinski definition) is 2. The van der Waals surface area contributed by atoms with Crippen molar-refractivity contribution in [2.24, 2.45) is 17.8 Å². The summed E-state index contributed by atoms with van der Waals surface area (Å²) in [6, 6.07) is 3.85. The first-order valence-corrected chi connectivity index (χ1v) is 10.8. The maximum Gasteiger partial charge on any atom is 0.272 e. The quantitative estimate of drug-likeness (QED) is 0.680. The number of hydrogen-bond donors (Lipinski definition) is 1. The number of aromatic nitrogens is 2. The predicted octanol–water partition coefficient (Wildman–Crippen LogP) is 4.95. The molecule has 4 atom stereocenters. The highest BCUT2D eigenvalue weighted by Crippen LogP contribution is 2.55. The molecule has 0 aliphatic heterocycles. The number of nitrogens with zero attached hydrogens (tertiary/aromatic N) is 2. The standard InChI is InChI=1S/C19H21Br2N3O/c20-14-5-15(21)17-6-16(23-24(17)10-14)18(25)22-19-7-11-2-1-3-12(8-19)13(4-11)9-19/h5-6,10-13H,1-4,7-9H2,(H,22,25). The lowest BCUT2D eigenvalue weighted by atomic mass is 9.75. The minimum Gasteiger partial charge on any atom is -0.345 e. The molecule has 0 saturated heterocycles. The number of nitrogens with one attached hydrogen (secondary N) is 1. The summed E-state index contributed by atoms with van der Waals surface area (Å²) >= 11 is 7.02. The minimum absolute atomic E-state index is 0.0172. The number of carbonyl (C=O) groups is 1. The summed E-state index contributed by atoms with van der Waals surface area (Å²) in [4.78, 5) is 13.0. The third kappa shape index (κ3) is 2.76. The van der Waals surface area contributed by atoms with Crippen molar-refractivity contribution in [2.75, 3.05) is 0 Å². The molecular formula is C19H21Br2N3O. The molecular weight excluding hydrogens is 446 g/mol. The van der Waals surface area contributed by atoms with Crippen LogP contribution in [-0.2, 0) is 0 Å². The molecule has 1 amide bonds. The fraction of sp³-hybridized carbons (Fsp3) is 0.579. The van der Waals surface area contributed by atoms with Crippen LogP contribution in [0.2, 0.25) is 0 Å². The molecule has 3 fully saturated rings. The van der Waals surface area contributed by atoms with E-state index in [0.717, 1.165) is 38.6 Å². The molecule has 6 heteroatoms. The summed E-state index contributed by atoms with van der Waals surface area (Å²) in [5.41, 5.74) is 1.44. The molecule has 0 aromatic carbocycles. The Balaban J connectivity index is 1.43. The second-order valence-electron chi connectivity index (χ2n) is 8.27. The third-order valence-electron chi connectivity index (χ3n) is 6.58. The molecule has 1 N–H and O–H groups in total. The van der Waals surface area contributed by atoms with Crippen molar-refractivity contribution in [1.29, 1.82) is 0 Å². The zero-order valence-electron chi connectivity index (χ0n) is 14.0. The molecule has 2 heterocycles. The van der Waals surface area contributed by atoms with Crippen molar-refractivity contribution in [3.8, 4) is 0 Å². The molecule has 3 saturated carbocycles. The Morgan fingerprint density at radius 1 is 1.20 bits per heavy atom. The lowest BCUT2D eigenvalue weighted by molar-refractivity contribution is 0.0846. The molecule has 4 nitrogen and oxygen atoms in total. The Hall–Kier alpha value is -0.880. The molecule has 4 unspecified atom stereocenters. The van der Waals surface area contributed by atoms with Gasteiger partial charge in [-0.3, -0.25) is 4.79 Å². The lowest BCUT2D eigenvalue weighted by Gasteiger charge is -2.38. The highest BCUT2D eigenvalue weighted by Gasteiger charge is 2.52. The molecule has 2 aromatic heterocycles. The van der Waals surface area contributed by atoms with E-state index >= 15 is 0 Å². The van der Waals surface area contributed by atoms with Crippen molar-refractivity contribution in [1.82, 2.24) is 14.9 Å². The maximum atomic E-state index is 13.0. The van der Waals surface area contributed by atoms with Crippen LogP contribution in [0.5, 0.6) is 0 Å². The van der Waals surface area contributed by atoms with Gasteiger partial charge in [0.05, 0.1) is 5.52 Å². The minimum atomic E-state index is -0.0210. The normalized spacial score (nSPS) is 33.6. The van der Waals surface area contributed by atoms with Gasteiger partial charge < -0.3 is 5.32 Å². The van der Waals surface area contributed by atoms with Gasteiger partial charge >= 0.3 is 0 Å². The van der Waals surface area contributed by atoms with Crippen molar-refractivity contribution in [3.63, 3.8) is 0 Å². The van der Waals surface area contributed by atoms with Crippen LogP contribution in [0.1, 0.15) is 55.4 Å². The van der Waals surface area contributed by atoms with Gasteiger partial charge in [-0.2, -0.15) is 5.10 Å². The fourth-order valence-corrected chi connectivity index (χ4v) is 7.02. The average Bonchev–Trinajstić information content (AvgIpc) is 3.02. The van der Waals surface area contributed by atoms with Crippen molar-refractivity contribution < 1.29 is 4.79 Å². The van der Waals surface area contributed by atoms with Crippen LogP contribution >= 0.6 is 31.9 Å². The molecule has 25 heavy (non-hydrogen) atoms. The first-order valence-electron chi connectivity index (χ1n) is 9.18. The van der Waals surface area contributed by atoms with Crippen LogP contribution < -0.4 is 5.32 Å². The van der Waals surface area contributed by atoms with Crippen LogP contribution in [0, 0.1) is 17.8 Å². The van der Waals surface area contributed by atoms with E-state index in [0.29, 0.717) is 5.69 Å². The summed E-state index contributed by atoms with van der Waals surface area (Å²) in [5, 5.41) is 7.92. The second-order valence-corrected chi connectivity index (χ2v) is 10.0. The van der Waals surface area contributed by atoms with Crippen LogP contribution in [-0.4, -0.2) is 21.1 Å². The zero-order chi connectivity index (χ0) is 17.2. The van der Waals surface area contributed by atoms with Gasteiger partial charge in [-0.15, -0.1) is 0 Å². The number of carbonyl (C=O) groups excluding carboxylic acids is 1. The smallest absolute Gasteiger partial charge is 0.272 e. The van der Waals surface area contributed by atoms with E-state index in [9.17, 15) is 4.79 Å². The number of fused-ring (bicyclic) bond motifs is 3. The van der Waals surface area contributed by atoms with E-state index in [2.05, 4.69) is 42.3 Å². The molecule has 132 valence electrons. The number of rotatable bonds is 2. The average molecular weight is 467 g/mol. The highest BCUT2D eigenvalue weighted by molar-refractivity contribution is 9.11. The zero-order valence-corrected chi connectivity index (χ0v) is 17.1. The molecule has 3 aliphatic carbocycles. The van der Waals surface area contributed by atoms with Crippen LogP contribution in [0.4, 0.5) is 0 Å². The monoisotopic (exact) mass is 465 g/mol. The Morgan fingerprint density at radius 3 is 2.92 bits per heavy atom. The van der Waals surface area contributed by atoms with E-state index in [1.807, 2.05) is 18.3 Å². The summed E-state index contributed by atoms with van der Waals surface area (Å²) in [7, 11) is 0. The first-order chi connectivity index (χ1) is 12.0. The molecule has 3 bridgehead atoms. The lowest BCUT2D eigenvalue weighted by Crippen LogP contribution is -2.49. The van der Waals surface area contributed by atoms with E-state index in [4.69, 9.17) is 0 Å². The van der Waals surface area contributed by atoms with Gasteiger partial charge in [-0.1, -0.05) is 19.3 Å². The van der Waals surface area contributed by atoms with Gasteiger partial charge in [0.25, 0.3) is 5.91 Å². The molecule has 2 aromatic rings. The van der Waals surface area contributed by atoms with Crippen molar-refractivity contribution >= 4 is 43.3 Å². The largest absolute Gasteiger partial charge is 0.345 e. The van der Waals surface area contributed by atoms with Gasteiger partial charge in [0, 0.05) is 20.7 Å². The highest BCUT2D eigenvalue weighted by atomic mass is 79.9. The van der Waals surface area contributed by atoms with Crippen LogP contribution in [0.15, 0.2) is 27.3 Å². The van der Waals surface area contributed by atoms with Gasteiger partial charge in [0.1, 0.15) is 0 Å². The van der Waals surface area contributed by atoms with Gasteiger partial charge in [-0.25, -0.2) is 4.52 Å². The Kier molecular flexibility index (Phi) is 3.79. The number of pyridine rings is 1. The Bertz CT molecular complexity index is 860. The predicted molar refractivity (Wildman–Crippen MR) is 104 cm³/mol. The number of amides is 1. The van der Waals surface area contributed by atoms with E-state index in [-0.39, 0.29) is 11.4 Å². The van der Waals surface area contributed by atoms with Gasteiger partial charge in [0.15, 0.2) is 5.69 Å². The van der Waals surface area contributed by atoms with Gasteiger partial charge in [-0.05, 0) is 87.4 Å². The van der Waals surface area contributed by atoms with Crippen LogP contribution in [0.25, 0.3) is 5.52 Å². The first kappa shape index (κ1) is 16.3. The Labute approximate surface area is 164 Å². The van der Waals surface area contributed by atoms with Crippen LogP contribution in [0.3, 0.4) is 0 Å². The van der Waals surface area contributed by atoms with E-state index in [1.165, 1.54) is 38.5 Å². The van der Waals surface area contributed by atoms with E-state index in [1.54, 1.807) is 4.52 Å². The van der Waals surface area contributed by atoms with Crippen molar-refractivity contribution in [2.45, 2.75) is 50.5 Å².